The summed E-state index contributed by atoms with van der Waals surface area (Å²) >= 11 is 0. The fraction of sp³-hybridized carbons (Fsp3) is 0. The minimum atomic E-state index is -0.250. The molecule has 0 aliphatic heterocycles. The van der Waals surface area contributed by atoms with Crippen molar-refractivity contribution in [1.82, 2.24) is 0 Å². The molecule has 0 aliphatic carbocycles. The average molecular weight is 255 g/mol. The average Bonchev–Trinajstić information content (AvgIpc) is 0.918. The van der Waals surface area contributed by atoms with E-state index in [0.29, 0.717) is 0 Å². The Balaban J connectivity index is 0. The van der Waals surface area contributed by atoms with E-state index in [9.17, 15) is 0 Å². The molecule has 2 nitrogen and oxygen atoms in total. The van der Waals surface area contributed by atoms with Crippen LogP contribution in [0.5, 0.6) is 0 Å². The van der Waals surface area contributed by atoms with Gasteiger partial charge in [0.05, 0.1) is 0 Å². The molecule has 0 spiro atoms. The first-order valence-electron chi connectivity index (χ1n) is 0.494. The van der Waals surface area contributed by atoms with Crippen molar-refractivity contribution in [2.45, 2.75) is 0 Å². The number of hydrogen-bond acceptors (Lipinski definition) is 1. The Kier molecular flexibility index (Phi) is 22.4. The topological polar surface area (TPSA) is 37.3 Å². The molecule has 0 bridgehead atoms. The van der Waals surface area contributed by atoms with Gasteiger partial charge in [0.15, 0.2) is 0 Å². The molecular weight excluding hydrogens is 253 g/mol. The summed E-state index contributed by atoms with van der Waals surface area (Å²) < 4.78 is 0. The molecule has 0 fully saturated rings. The molecule has 3 heteroatoms. The van der Waals surface area contributed by atoms with Crippen molar-refractivity contribution in [1.29, 1.82) is 0 Å². The molecule has 20 valence electrons. The number of rotatable bonds is 0. The maximum atomic E-state index is 8.36. The van der Waals surface area contributed by atoms with Crippen LogP contribution in [0.1, 0.15) is 0 Å². The van der Waals surface area contributed by atoms with Crippen molar-refractivity contribution in [2.75, 3.05) is 0 Å². The van der Waals surface area contributed by atoms with Gasteiger partial charge >= 0.3 is 26.2 Å². The van der Waals surface area contributed by atoms with Gasteiger partial charge in [0, 0.05) is 0 Å². The Morgan fingerprint density at radius 1 is 1.75 bits per heavy atom. The molecule has 1 N–H and O–H groups in total. The fourth-order valence-electron chi connectivity index (χ4n) is 0. The van der Waals surface area contributed by atoms with Crippen LogP contribution in [-0.4, -0.2) is 37.8 Å². The zero-order valence-electron chi connectivity index (χ0n) is 1.88. The third-order valence-electron chi connectivity index (χ3n) is 0. The van der Waals surface area contributed by atoms with Gasteiger partial charge in [-0.15, -0.1) is 0 Å². The molecule has 0 aromatic rings. The van der Waals surface area contributed by atoms with Gasteiger partial charge in [-0.25, -0.2) is 0 Å². The largest absolute Gasteiger partial charge is 3.00 e. The van der Waals surface area contributed by atoms with Crippen LogP contribution in [0.4, 0.5) is 0 Å². The summed E-state index contributed by atoms with van der Waals surface area (Å²) in [7, 11) is 0. The zero-order chi connectivity index (χ0) is 2.71. The molecule has 0 rings (SSSR count). The predicted octanol–water partition coefficient (Wildman–Crippen LogP) is -0.680. The van der Waals surface area contributed by atoms with Gasteiger partial charge in [-0.05, 0) is 0 Å². The van der Waals surface area contributed by atoms with Crippen LogP contribution in [0.2, 0.25) is 0 Å². The van der Waals surface area contributed by atoms with E-state index in [-0.39, 0.29) is 32.7 Å². The van der Waals surface area contributed by atoms with Gasteiger partial charge in [-0.2, -0.15) is 0 Å². The first-order chi connectivity index (χ1) is 1.41. The molecule has 4 heavy (non-hydrogen) atoms. The molecule has 0 heterocycles. The van der Waals surface area contributed by atoms with Gasteiger partial charge in [0.25, 0.3) is 6.47 Å². The Bertz CT molecular complexity index is 13.5. The van der Waals surface area contributed by atoms with Gasteiger partial charge in [-0.3, -0.25) is 4.79 Å². The van der Waals surface area contributed by atoms with E-state index in [2.05, 4.69) is 0 Å². The van der Waals surface area contributed by atoms with Crippen LogP contribution in [0, 0.1) is 0 Å². The van der Waals surface area contributed by atoms with Crippen molar-refractivity contribution < 1.29 is 9.90 Å². The third kappa shape index (κ3) is 34.6. The molecule has 0 amide bonds. The van der Waals surface area contributed by atoms with Crippen LogP contribution in [-0.2, 0) is 4.79 Å². The zero-order valence-corrected chi connectivity index (χ0v) is 5.36. The number of hydrogen-bond donors (Lipinski definition) is 1. The second-order valence-corrected chi connectivity index (χ2v) is 0.105. The van der Waals surface area contributed by atoms with Gasteiger partial charge in [-0.1, -0.05) is 0 Å². The minimum absolute atomic E-state index is 0. The predicted molar refractivity (Wildman–Crippen MR) is 14.4 cm³/mol. The summed E-state index contributed by atoms with van der Waals surface area (Å²) in [5.41, 5.74) is 0. The Morgan fingerprint density at radius 3 is 1.75 bits per heavy atom. The first-order valence-corrected chi connectivity index (χ1v) is 0.494. The second-order valence-electron chi connectivity index (χ2n) is 0.105. The van der Waals surface area contributed by atoms with Crippen molar-refractivity contribution in [3.8, 4) is 0 Å². The van der Waals surface area contributed by atoms with Crippen LogP contribution < -0.4 is 0 Å². The number of carboxylic acid groups (broad SMARTS) is 1. The molecule has 0 saturated heterocycles. The Labute approximate surface area is 42.9 Å². The summed E-state index contributed by atoms with van der Waals surface area (Å²) in [5.74, 6) is 0. The molecule has 2 radical (unpaired) electrons. The standard InChI is InChI=1S/CH2O2.Bi/c2-1-3;/h1H,(H,2,3);/q;+3. The summed E-state index contributed by atoms with van der Waals surface area (Å²) in [6, 6.07) is 0. The van der Waals surface area contributed by atoms with Gasteiger partial charge in [0.2, 0.25) is 0 Å². The molecule has 0 aromatic carbocycles. The summed E-state index contributed by atoms with van der Waals surface area (Å²) in [5, 5.41) is 6.89. The Morgan fingerprint density at radius 2 is 1.75 bits per heavy atom. The van der Waals surface area contributed by atoms with E-state index in [1.165, 1.54) is 0 Å². The normalized spacial score (nSPS) is 3.00. The SMILES string of the molecule is O=CO.[Bi+3]. The minimum Gasteiger partial charge on any atom is -0.483 e. The summed E-state index contributed by atoms with van der Waals surface area (Å²) in [6.07, 6.45) is 0. The Hall–Kier alpha value is 0.353. The monoisotopic (exact) mass is 255 g/mol. The van der Waals surface area contributed by atoms with E-state index >= 15 is 0 Å². The van der Waals surface area contributed by atoms with E-state index in [1.807, 2.05) is 0 Å². The van der Waals surface area contributed by atoms with E-state index in [4.69, 9.17) is 9.90 Å². The van der Waals surface area contributed by atoms with Crippen LogP contribution in [0.15, 0.2) is 0 Å². The molecule has 0 atom stereocenters. The molecule has 0 saturated carbocycles. The molecule has 0 unspecified atom stereocenters. The van der Waals surface area contributed by atoms with Crippen LogP contribution in [0.25, 0.3) is 0 Å². The third-order valence-corrected chi connectivity index (χ3v) is 0. The summed E-state index contributed by atoms with van der Waals surface area (Å²) in [4.78, 5) is 8.36. The van der Waals surface area contributed by atoms with Gasteiger partial charge < -0.3 is 5.11 Å². The second kappa shape index (κ2) is 10.1. The van der Waals surface area contributed by atoms with E-state index < -0.39 is 0 Å². The maximum Gasteiger partial charge on any atom is 3.00 e. The van der Waals surface area contributed by atoms with Crippen molar-refractivity contribution in [3.05, 3.63) is 0 Å². The van der Waals surface area contributed by atoms with Crippen molar-refractivity contribution >= 4 is 32.7 Å². The smallest absolute Gasteiger partial charge is 0.483 e. The quantitative estimate of drug-likeness (QED) is 0.460. The molecular formula is CH2BiO2+3. The van der Waals surface area contributed by atoms with Crippen LogP contribution in [0.3, 0.4) is 0 Å². The van der Waals surface area contributed by atoms with E-state index in [0.717, 1.165) is 0 Å². The summed E-state index contributed by atoms with van der Waals surface area (Å²) in [6.45, 7) is -0.250. The first kappa shape index (κ1) is 8.84. The van der Waals surface area contributed by atoms with Gasteiger partial charge in [0.1, 0.15) is 0 Å². The van der Waals surface area contributed by atoms with Crippen molar-refractivity contribution in [3.63, 3.8) is 0 Å². The molecule has 0 aromatic heterocycles. The van der Waals surface area contributed by atoms with Crippen LogP contribution >= 0.6 is 0 Å². The number of carbonyl (C=O) groups is 1. The maximum absolute atomic E-state index is 8.36. The fourth-order valence-corrected chi connectivity index (χ4v) is 0. The molecule has 0 aliphatic rings. The van der Waals surface area contributed by atoms with E-state index in [1.54, 1.807) is 0 Å². The van der Waals surface area contributed by atoms with Crippen molar-refractivity contribution in [2.24, 2.45) is 0 Å².